The fourth-order valence-electron chi connectivity index (χ4n) is 2.32. The highest BCUT2D eigenvalue weighted by Crippen LogP contribution is 2.33. The van der Waals surface area contributed by atoms with Crippen molar-refractivity contribution in [1.82, 2.24) is 9.62 Å². The molecule has 1 aromatic carbocycles. The molecule has 1 heterocycles. The Morgan fingerprint density at radius 1 is 1.45 bits per heavy atom. The summed E-state index contributed by atoms with van der Waals surface area (Å²) in [4.78, 5) is 0.641. The van der Waals surface area contributed by atoms with E-state index in [1.54, 1.807) is 6.92 Å². The monoisotopic (exact) mass is 457 g/mol. The number of benzene rings is 1. The number of nitrogens with zero attached hydrogens (tertiary/aromatic N) is 2. The first kappa shape index (κ1) is 17.6. The second-order valence-electron chi connectivity index (χ2n) is 4.95. The number of nitriles is 1. The molecule has 1 aliphatic heterocycles. The average molecular weight is 459 g/mol. The maximum atomic E-state index is 14.1. The van der Waals surface area contributed by atoms with Gasteiger partial charge < -0.3 is 4.90 Å². The zero-order valence-corrected chi connectivity index (χ0v) is 15.3. The number of nitrogens with one attached hydrogen (secondary N) is 1. The summed E-state index contributed by atoms with van der Waals surface area (Å²) in [5, 5.41) is 8.91. The van der Waals surface area contributed by atoms with Crippen LogP contribution in [0.3, 0.4) is 0 Å². The van der Waals surface area contributed by atoms with E-state index in [-0.39, 0.29) is 17.1 Å². The average Bonchev–Trinajstić information content (AvgIpc) is 2.75. The van der Waals surface area contributed by atoms with Crippen molar-refractivity contribution in [3.63, 3.8) is 0 Å². The van der Waals surface area contributed by atoms with E-state index in [0.717, 1.165) is 6.07 Å². The molecule has 0 radical (unpaired) electrons. The lowest BCUT2D eigenvalue weighted by molar-refractivity contribution is 0.386. The van der Waals surface area contributed by atoms with Gasteiger partial charge in [-0.05, 0) is 51.3 Å². The van der Waals surface area contributed by atoms with Crippen LogP contribution in [-0.2, 0) is 10.0 Å². The molecule has 1 aromatic rings. The molecule has 10 heteroatoms. The van der Waals surface area contributed by atoms with Crippen molar-refractivity contribution in [3.05, 3.63) is 26.6 Å². The summed E-state index contributed by atoms with van der Waals surface area (Å²) < 4.78 is 54.1. The molecule has 120 valence electrons. The van der Waals surface area contributed by atoms with Gasteiger partial charge in [-0.25, -0.2) is 21.9 Å². The molecular formula is C12H11Br2F2N3O2S. The summed E-state index contributed by atoms with van der Waals surface area (Å²) >= 11 is 5.56. The van der Waals surface area contributed by atoms with E-state index >= 15 is 0 Å². The molecule has 2 atom stereocenters. The molecule has 0 saturated carbocycles. The Labute approximate surface area is 143 Å². The fourth-order valence-corrected chi connectivity index (χ4v) is 5.19. The first-order valence-corrected chi connectivity index (χ1v) is 9.26. The van der Waals surface area contributed by atoms with Crippen molar-refractivity contribution in [2.75, 3.05) is 6.54 Å². The van der Waals surface area contributed by atoms with Gasteiger partial charge in [0, 0.05) is 18.6 Å². The van der Waals surface area contributed by atoms with E-state index in [0.29, 0.717) is 6.42 Å². The Balaban J connectivity index is 2.35. The lowest BCUT2D eigenvalue weighted by Gasteiger charge is -2.15. The van der Waals surface area contributed by atoms with Crippen molar-refractivity contribution in [2.45, 2.75) is 30.3 Å². The molecule has 1 N–H and O–H groups in total. The number of likely N-dealkylation sites (tertiary alicyclic amines) is 1. The predicted molar refractivity (Wildman–Crippen MR) is 82.3 cm³/mol. The van der Waals surface area contributed by atoms with Gasteiger partial charge in [-0.15, -0.1) is 0 Å². The standard InChI is InChI=1S/C12H11Br2F2N3O2S/c1-6-2-7(4-19(6)5-17)18-22(20,21)12-10(14)9(15)3-8(13)11(12)16/h3,6-7,18H,2,4H2,1H3/t6-,7+/m0/s1. The largest absolute Gasteiger partial charge is 0.306 e. The molecule has 0 unspecified atom stereocenters. The minimum absolute atomic E-state index is 0.120. The van der Waals surface area contributed by atoms with E-state index in [9.17, 15) is 17.2 Å². The van der Waals surface area contributed by atoms with Crippen LogP contribution in [0, 0.1) is 23.1 Å². The lowest BCUT2D eigenvalue weighted by atomic mass is 10.2. The SMILES string of the molecule is C[C@H]1C[C@@H](NS(=O)(=O)c2c(F)c(Br)cc(F)c2Br)CN1C#N. The van der Waals surface area contributed by atoms with E-state index in [1.807, 2.05) is 6.19 Å². The van der Waals surface area contributed by atoms with Gasteiger partial charge in [0.05, 0.1) is 8.95 Å². The van der Waals surface area contributed by atoms with Gasteiger partial charge >= 0.3 is 0 Å². The van der Waals surface area contributed by atoms with Crippen LogP contribution in [0.1, 0.15) is 13.3 Å². The molecule has 0 amide bonds. The second kappa shape index (κ2) is 6.39. The van der Waals surface area contributed by atoms with Crippen LogP contribution < -0.4 is 4.72 Å². The molecule has 5 nitrogen and oxygen atoms in total. The number of halogens is 4. The topological polar surface area (TPSA) is 73.2 Å². The summed E-state index contributed by atoms with van der Waals surface area (Å²) in [5.41, 5.74) is 0. The number of sulfonamides is 1. The van der Waals surface area contributed by atoms with Gasteiger partial charge in [-0.3, -0.25) is 0 Å². The normalized spacial score (nSPS) is 21.9. The zero-order chi connectivity index (χ0) is 16.7. The maximum absolute atomic E-state index is 14.1. The minimum Gasteiger partial charge on any atom is -0.306 e. The van der Waals surface area contributed by atoms with Crippen molar-refractivity contribution < 1.29 is 17.2 Å². The Kier molecular flexibility index (Phi) is 5.11. The fraction of sp³-hybridized carbons (Fsp3) is 0.417. The third kappa shape index (κ3) is 3.27. The number of rotatable bonds is 3. The van der Waals surface area contributed by atoms with Crippen molar-refractivity contribution >= 4 is 41.9 Å². The Hall–Kier alpha value is -0.760. The first-order valence-electron chi connectivity index (χ1n) is 6.19. The molecular weight excluding hydrogens is 448 g/mol. The van der Waals surface area contributed by atoms with Crippen LogP contribution in [0.15, 0.2) is 19.9 Å². The van der Waals surface area contributed by atoms with E-state index in [4.69, 9.17) is 5.26 Å². The second-order valence-corrected chi connectivity index (χ2v) is 8.25. The minimum atomic E-state index is -4.28. The highest BCUT2D eigenvalue weighted by atomic mass is 79.9. The molecule has 0 aromatic heterocycles. The van der Waals surface area contributed by atoms with Gasteiger partial charge in [0.25, 0.3) is 0 Å². The van der Waals surface area contributed by atoms with Gasteiger partial charge in [0.1, 0.15) is 10.7 Å². The smallest absolute Gasteiger partial charge is 0.245 e. The van der Waals surface area contributed by atoms with E-state index in [2.05, 4.69) is 36.6 Å². The quantitative estimate of drug-likeness (QED) is 0.558. The van der Waals surface area contributed by atoms with Crippen molar-refractivity contribution in [2.24, 2.45) is 0 Å². The highest BCUT2D eigenvalue weighted by molar-refractivity contribution is 9.11. The van der Waals surface area contributed by atoms with E-state index < -0.39 is 37.1 Å². The maximum Gasteiger partial charge on any atom is 0.245 e. The molecule has 1 saturated heterocycles. The van der Waals surface area contributed by atoms with Gasteiger partial charge in [0.15, 0.2) is 12.0 Å². The Bertz CT molecular complexity index is 725. The van der Waals surface area contributed by atoms with E-state index in [1.165, 1.54) is 4.90 Å². The van der Waals surface area contributed by atoms with Crippen LogP contribution in [0.2, 0.25) is 0 Å². The number of hydrogen-bond acceptors (Lipinski definition) is 4. The molecule has 2 rings (SSSR count). The molecule has 0 aliphatic carbocycles. The van der Waals surface area contributed by atoms with Crippen molar-refractivity contribution in [1.29, 1.82) is 5.26 Å². The molecule has 0 spiro atoms. The van der Waals surface area contributed by atoms with Crippen molar-refractivity contribution in [3.8, 4) is 6.19 Å². The zero-order valence-electron chi connectivity index (χ0n) is 11.3. The van der Waals surface area contributed by atoms with Crippen LogP contribution in [-0.4, -0.2) is 31.9 Å². The van der Waals surface area contributed by atoms with Crippen LogP contribution in [0.5, 0.6) is 0 Å². The molecule has 1 fully saturated rings. The third-order valence-electron chi connectivity index (χ3n) is 3.37. The summed E-state index contributed by atoms with van der Waals surface area (Å²) in [5.74, 6) is -1.98. The number of hydrogen-bond donors (Lipinski definition) is 1. The van der Waals surface area contributed by atoms with Crippen LogP contribution in [0.25, 0.3) is 0 Å². The Morgan fingerprint density at radius 3 is 2.64 bits per heavy atom. The highest BCUT2D eigenvalue weighted by Gasteiger charge is 2.34. The van der Waals surface area contributed by atoms with Gasteiger partial charge in [-0.2, -0.15) is 5.26 Å². The third-order valence-corrected chi connectivity index (χ3v) is 6.54. The lowest BCUT2D eigenvalue weighted by Crippen LogP contribution is -2.37. The van der Waals surface area contributed by atoms with Gasteiger partial charge in [0.2, 0.25) is 10.0 Å². The predicted octanol–water partition coefficient (Wildman–Crippen LogP) is 2.71. The Morgan fingerprint density at radius 2 is 2.09 bits per heavy atom. The summed E-state index contributed by atoms with van der Waals surface area (Å²) in [6.45, 7) is 1.97. The molecule has 0 bridgehead atoms. The first-order chi connectivity index (χ1) is 10.2. The summed E-state index contributed by atoms with van der Waals surface area (Å²) in [7, 11) is -4.28. The van der Waals surface area contributed by atoms with Crippen LogP contribution >= 0.6 is 31.9 Å². The summed E-state index contributed by atoms with van der Waals surface area (Å²) in [6.07, 6.45) is 2.36. The summed E-state index contributed by atoms with van der Waals surface area (Å²) in [6, 6.07) is 0.172. The molecule has 1 aliphatic rings. The van der Waals surface area contributed by atoms with Gasteiger partial charge in [-0.1, -0.05) is 0 Å². The van der Waals surface area contributed by atoms with Crippen LogP contribution in [0.4, 0.5) is 8.78 Å². The molecule has 22 heavy (non-hydrogen) atoms.